The Morgan fingerprint density at radius 2 is 2.00 bits per heavy atom. The predicted molar refractivity (Wildman–Crippen MR) is 65.4 cm³/mol. The Kier molecular flexibility index (Phi) is 6.96. The average Bonchev–Trinajstić information content (AvgIpc) is 2.49. The number of hydrogen-bond acceptors (Lipinski definition) is 4. The van der Waals surface area contributed by atoms with Gasteiger partial charge in [0.2, 0.25) is 0 Å². The van der Waals surface area contributed by atoms with Crippen molar-refractivity contribution in [2.24, 2.45) is 5.73 Å². The molecule has 0 spiro atoms. The number of hydrogen-bond donors (Lipinski definition) is 2. The van der Waals surface area contributed by atoms with E-state index >= 15 is 0 Å². The molecule has 1 aliphatic carbocycles. The largest absolute Gasteiger partial charge is 0.395 e. The second-order valence-corrected chi connectivity index (χ2v) is 4.62. The summed E-state index contributed by atoms with van der Waals surface area (Å²) in [4.78, 5) is 2.29. The van der Waals surface area contributed by atoms with Gasteiger partial charge in [0.25, 0.3) is 0 Å². The second-order valence-electron chi connectivity index (χ2n) is 4.62. The van der Waals surface area contributed by atoms with E-state index in [0.717, 1.165) is 19.4 Å². The summed E-state index contributed by atoms with van der Waals surface area (Å²) in [7, 11) is 1.71. The molecule has 96 valence electrons. The normalized spacial score (nSPS) is 27.0. The van der Waals surface area contributed by atoms with Gasteiger partial charge in [0.1, 0.15) is 0 Å². The van der Waals surface area contributed by atoms with E-state index in [1.54, 1.807) is 7.11 Å². The second kappa shape index (κ2) is 8.01. The first kappa shape index (κ1) is 13.9. The summed E-state index contributed by atoms with van der Waals surface area (Å²) in [6.07, 6.45) is 6.06. The molecule has 2 unspecified atom stereocenters. The van der Waals surface area contributed by atoms with E-state index in [9.17, 15) is 0 Å². The highest BCUT2D eigenvalue weighted by Crippen LogP contribution is 2.21. The Hall–Kier alpha value is -0.160. The van der Waals surface area contributed by atoms with Crippen LogP contribution in [0.2, 0.25) is 0 Å². The summed E-state index contributed by atoms with van der Waals surface area (Å²) in [6.45, 7) is 2.49. The smallest absolute Gasteiger partial charge is 0.0589 e. The third kappa shape index (κ3) is 4.37. The number of nitrogens with zero attached hydrogens (tertiary/aromatic N) is 1. The number of nitrogens with two attached hydrogens (primary N) is 1. The molecular formula is C12H26N2O2. The highest BCUT2D eigenvalue weighted by atomic mass is 16.5. The fourth-order valence-corrected chi connectivity index (χ4v) is 2.55. The lowest BCUT2D eigenvalue weighted by atomic mass is 10.0. The fourth-order valence-electron chi connectivity index (χ4n) is 2.55. The van der Waals surface area contributed by atoms with Gasteiger partial charge in [-0.25, -0.2) is 0 Å². The summed E-state index contributed by atoms with van der Waals surface area (Å²) < 4.78 is 5.11. The predicted octanol–water partition coefficient (Wildman–Crippen LogP) is 0.587. The highest BCUT2D eigenvalue weighted by molar-refractivity contribution is 4.84. The molecule has 0 aliphatic heterocycles. The summed E-state index contributed by atoms with van der Waals surface area (Å²) in [6, 6.07) is 0.677. The molecule has 2 atom stereocenters. The third-order valence-corrected chi connectivity index (χ3v) is 3.47. The van der Waals surface area contributed by atoms with Crippen molar-refractivity contribution in [2.45, 2.75) is 44.2 Å². The van der Waals surface area contributed by atoms with Crippen LogP contribution in [-0.4, -0.2) is 55.5 Å². The van der Waals surface area contributed by atoms with Crippen molar-refractivity contribution >= 4 is 0 Å². The van der Waals surface area contributed by atoms with Gasteiger partial charge >= 0.3 is 0 Å². The Bertz CT molecular complexity index is 178. The van der Waals surface area contributed by atoms with E-state index in [-0.39, 0.29) is 12.6 Å². The van der Waals surface area contributed by atoms with Crippen LogP contribution in [0.25, 0.3) is 0 Å². The first-order valence-corrected chi connectivity index (χ1v) is 6.39. The molecule has 16 heavy (non-hydrogen) atoms. The van der Waals surface area contributed by atoms with Crippen molar-refractivity contribution < 1.29 is 9.84 Å². The summed E-state index contributed by atoms with van der Waals surface area (Å²) >= 11 is 0. The first-order chi connectivity index (χ1) is 7.79. The van der Waals surface area contributed by atoms with Gasteiger partial charge in [0.05, 0.1) is 13.2 Å². The van der Waals surface area contributed by atoms with Crippen molar-refractivity contribution in [3.63, 3.8) is 0 Å². The molecule has 1 aliphatic rings. The monoisotopic (exact) mass is 230 g/mol. The Labute approximate surface area is 98.8 Å². The van der Waals surface area contributed by atoms with Crippen LogP contribution in [-0.2, 0) is 4.74 Å². The molecule has 0 aromatic rings. The minimum atomic E-state index is 0.201. The van der Waals surface area contributed by atoms with Gasteiger partial charge in [-0.1, -0.05) is 19.3 Å². The quantitative estimate of drug-likeness (QED) is 0.656. The van der Waals surface area contributed by atoms with E-state index in [4.69, 9.17) is 15.6 Å². The fraction of sp³-hybridized carbons (Fsp3) is 1.00. The van der Waals surface area contributed by atoms with Crippen LogP contribution < -0.4 is 5.73 Å². The van der Waals surface area contributed by atoms with Crippen LogP contribution in [0.5, 0.6) is 0 Å². The maximum absolute atomic E-state index is 9.10. The summed E-state index contributed by atoms with van der Waals surface area (Å²) in [5, 5.41) is 9.10. The molecule has 0 amide bonds. The van der Waals surface area contributed by atoms with E-state index in [1.165, 1.54) is 19.3 Å². The topological polar surface area (TPSA) is 58.7 Å². The minimum absolute atomic E-state index is 0.201. The first-order valence-electron chi connectivity index (χ1n) is 6.39. The molecule has 0 saturated heterocycles. The SMILES string of the molecule is COCCN(CCO)C1CCCCCC1N. The Morgan fingerprint density at radius 3 is 2.69 bits per heavy atom. The van der Waals surface area contributed by atoms with Gasteiger partial charge in [-0.15, -0.1) is 0 Å². The standard InChI is InChI=1S/C12H26N2O2/c1-16-10-8-14(7-9-15)12-6-4-2-3-5-11(12)13/h11-12,15H,2-10,13H2,1H3. The van der Waals surface area contributed by atoms with Crippen LogP contribution in [0.4, 0.5) is 0 Å². The van der Waals surface area contributed by atoms with Crippen LogP contribution in [0.1, 0.15) is 32.1 Å². The van der Waals surface area contributed by atoms with E-state index < -0.39 is 0 Å². The molecule has 0 heterocycles. The molecule has 1 fully saturated rings. The maximum Gasteiger partial charge on any atom is 0.0589 e. The zero-order chi connectivity index (χ0) is 11.8. The minimum Gasteiger partial charge on any atom is -0.395 e. The van der Waals surface area contributed by atoms with Gasteiger partial charge in [0, 0.05) is 32.3 Å². The summed E-state index contributed by atoms with van der Waals surface area (Å²) in [5.74, 6) is 0. The molecule has 4 heteroatoms. The molecule has 0 bridgehead atoms. The third-order valence-electron chi connectivity index (χ3n) is 3.47. The van der Waals surface area contributed by atoms with Crippen LogP contribution >= 0.6 is 0 Å². The zero-order valence-electron chi connectivity index (χ0n) is 10.4. The molecule has 0 aromatic carbocycles. The average molecular weight is 230 g/mol. The lowest BCUT2D eigenvalue weighted by Gasteiger charge is -2.34. The molecule has 0 radical (unpaired) electrons. The molecular weight excluding hydrogens is 204 g/mol. The number of ether oxygens (including phenoxy) is 1. The molecule has 4 nitrogen and oxygen atoms in total. The molecule has 1 saturated carbocycles. The van der Waals surface area contributed by atoms with Gasteiger partial charge < -0.3 is 15.6 Å². The number of aliphatic hydroxyl groups excluding tert-OH is 1. The van der Waals surface area contributed by atoms with E-state index in [2.05, 4.69) is 4.90 Å². The lowest BCUT2D eigenvalue weighted by molar-refractivity contribution is 0.0878. The van der Waals surface area contributed by atoms with Crippen molar-refractivity contribution in [1.29, 1.82) is 0 Å². The highest BCUT2D eigenvalue weighted by Gasteiger charge is 2.25. The van der Waals surface area contributed by atoms with Crippen molar-refractivity contribution in [3.05, 3.63) is 0 Å². The van der Waals surface area contributed by atoms with Crippen LogP contribution in [0, 0.1) is 0 Å². The number of rotatable bonds is 6. The van der Waals surface area contributed by atoms with Gasteiger partial charge in [-0.2, -0.15) is 0 Å². The number of aliphatic hydroxyl groups is 1. The zero-order valence-corrected chi connectivity index (χ0v) is 10.4. The van der Waals surface area contributed by atoms with Gasteiger partial charge in [-0.05, 0) is 12.8 Å². The van der Waals surface area contributed by atoms with Crippen LogP contribution in [0.15, 0.2) is 0 Å². The molecule has 1 rings (SSSR count). The van der Waals surface area contributed by atoms with Crippen molar-refractivity contribution in [2.75, 3.05) is 33.4 Å². The van der Waals surface area contributed by atoms with E-state index in [0.29, 0.717) is 19.2 Å². The molecule has 3 N–H and O–H groups in total. The van der Waals surface area contributed by atoms with Gasteiger partial charge in [0.15, 0.2) is 0 Å². The Balaban J connectivity index is 2.51. The number of methoxy groups -OCH3 is 1. The van der Waals surface area contributed by atoms with Gasteiger partial charge in [-0.3, -0.25) is 4.90 Å². The lowest BCUT2D eigenvalue weighted by Crippen LogP contribution is -2.49. The maximum atomic E-state index is 9.10. The van der Waals surface area contributed by atoms with E-state index in [1.807, 2.05) is 0 Å². The molecule has 0 aromatic heterocycles. The van der Waals surface area contributed by atoms with Crippen LogP contribution in [0.3, 0.4) is 0 Å². The van der Waals surface area contributed by atoms with Crippen molar-refractivity contribution in [3.8, 4) is 0 Å². The van der Waals surface area contributed by atoms with Crippen molar-refractivity contribution in [1.82, 2.24) is 4.90 Å². The Morgan fingerprint density at radius 1 is 1.25 bits per heavy atom. The summed E-state index contributed by atoms with van der Waals surface area (Å²) in [5.41, 5.74) is 6.22.